The highest BCUT2D eigenvalue weighted by molar-refractivity contribution is 5.49. The van der Waals surface area contributed by atoms with Crippen molar-refractivity contribution in [1.82, 2.24) is 4.40 Å². The fraction of sp³-hybridized carbons (Fsp3) is 0.111. The molecule has 2 aromatic rings. The lowest BCUT2D eigenvalue weighted by atomic mass is 10.3. The van der Waals surface area contributed by atoms with Gasteiger partial charge in [0.05, 0.1) is 0 Å². The van der Waals surface area contributed by atoms with E-state index in [-0.39, 0.29) is 0 Å². The molecular weight excluding hydrogens is 122 g/mol. The Labute approximate surface area is 59.9 Å². The summed E-state index contributed by atoms with van der Waals surface area (Å²) in [5.74, 6) is 0. The van der Waals surface area contributed by atoms with Crippen molar-refractivity contribution < 1.29 is 0 Å². The fourth-order valence-corrected chi connectivity index (χ4v) is 1.14. The van der Waals surface area contributed by atoms with Crippen molar-refractivity contribution in [2.75, 3.05) is 0 Å². The number of aromatic nitrogens is 1. The molecule has 0 amide bonds. The van der Waals surface area contributed by atoms with E-state index >= 15 is 0 Å². The normalized spacial score (nSPS) is 10.5. The van der Waals surface area contributed by atoms with Crippen molar-refractivity contribution in [2.45, 2.75) is 6.92 Å². The molecule has 50 valence electrons. The predicted octanol–water partition coefficient (Wildman–Crippen LogP) is 2.25. The molecule has 0 N–H and O–H groups in total. The third-order valence-corrected chi connectivity index (χ3v) is 1.69. The summed E-state index contributed by atoms with van der Waals surface area (Å²) in [5.41, 5.74) is 2.58. The summed E-state index contributed by atoms with van der Waals surface area (Å²) in [6.07, 6.45) is 4.12. The largest absolute Gasteiger partial charge is 0.324 e. The molecule has 0 bridgehead atoms. The van der Waals surface area contributed by atoms with Gasteiger partial charge in [-0.05, 0) is 36.8 Å². The minimum Gasteiger partial charge on any atom is -0.324 e. The quantitative estimate of drug-likeness (QED) is 0.516. The number of pyridine rings is 1. The van der Waals surface area contributed by atoms with Gasteiger partial charge in [0.15, 0.2) is 0 Å². The lowest BCUT2D eigenvalue weighted by molar-refractivity contribution is 1.18. The van der Waals surface area contributed by atoms with Crippen LogP contribution in [-0.4, -0.2) is 4.40 Å². The highest BCUT2D eigenvalue weighted by Gasteiger charge is 1.88. The van der Waals surface area contributed by atoms with Crippen LogP contribution < -0.4 is 0 Å². The van der Waals surface area contributed by atoms with E-state index in [0.29, 0.717) is 0 Å². The van der Waals surface area contributed by atoms with Crippen LogP contribution in [-0.2, 0) is 0 Å². The van der Waals surface area contributed by atoms with E-state index in [0.717, 1.165) is 0 Å². The van der Waals surface area contributed by atoms with Crippen LogP contribution in [0.5, 0.6) is 0 Å². The maximum atomic E-state index is 2.17. The van der Waals surface area contributed by atoms with Crippen LogP contribution in [0.4, 0.5) is 0 Å². The first kappa shape index (κ1) is 5.54. The monoisotopic (exact) mass is 131 g/mol. The maximum Gasteiger partial charge on any atom is 0.0452 e. The molecular formula is C9H9N. The van der Waals surface area contributed by atoms with Gasteiger partial charge < -0.3 is 4.40 Å². The van der Waals surface area contributed by atoms with Crippen LogP contribution in [0.3, 0.4) is 0 Å². The Kier molecular flexibility index (Phi) is 1.04. The molecule has 1 heteroatoms. The Morgan fingerprint density at radius 2 is 2.10 bits per heavy atom. The van der Waals surface area contributed by atoms with Crippen molar-refractivity contribution in [1.29, 1.82) is 0 Å². The molecule has 2 aromatic heterocycles. The molecule has 1 nitrogen and oxygen atoms in total. The predicted molar refractivity (Wildman–Crippen MR) is 42.1 cm³/mol. The van der Waals surface area contributed by atoms with Crippen molar-refractivity contribution in [2.24, 2.45) is 0 Å². The second-order valence-corrected chi connectivity index (χ2v) is 2.54. The van der Waals surface area contributed by atoms with E-state index in [4.69, 9.17) is 0 Å². The molecule has 0 aliphatic heterocycles. The Morgan fingerprint density at radius 3 is 3.00 bits per heavy atom. The molecule has 0 atom stereocenters. The molecule has 0 fully saturated rings. The van der Waals surface area contributed by atoms with Crippen LogP contribution in [0.15, 0.2) is 36.7 Å². The standard InChI is InChI=1S/C9H9N/c1-8-4-6-10-5-2-3-9(10)7-8/h2-7H,1H3. The Hall–Kier alpha value is -1.24. The molecule has 0 unspecified atom stereocenters. The first-order chi connectivity index (χ1) is 4.86. The number of rotatable bonds is 0. The lowest BCUT2D eigenvalue weighted by Gasteiger charge is -1.94. The number of hydrogen-bond acceptors (Lipinski definition) is 0. The summed E-state index contributed by atoms with van der Waals surface area (Å²) in [7, 11) is 0. The van der Waals surface area contributed by atoms with Gasteiger partial charge in [-0.25, -0.2) is 0 Å². The van der Waals surface area contributed by atoms with Crippen LogP contribution in [0.25, 0.3) is 5.52 Å². The third-order valence-electron chi connectivity index (χ3n) is 1.69. The summed E-state index contributed by atoms with van der Waals surface area (Å²) in [6, 6.07) is 8.43. The zero-order valence-corrected chi connectivity index (χ0v) is 5.91. The van der Waals surface area contributed by atoms with E-state index in [2.05, 4.69) is 48.0 Å². The van der Waals surface area contributed by atoms with Crippen LogP contribution in [0, 0.1) is 6.92 Å². The SMILES string of the molecule is Cc1ccn2cccc2c1. The van der Waals surface area contributed by atoms with Gasteiger partial charge in [0.2, 0.25) is 0 Å². The Balaban J connectivity index is 2.86. The summed E-state index contributed by atoms with van der Waals surface area (Å²) < 4.78 is 2.10. The summed E-state index contributed by atoms with van der Waals surface area (Å²) in [5, 5.41) is 0. The molecule has 10 heavy (non-hydrogen) atoms. The van der Waals surface area contributed by atoms with Crippen molar-refractivity contribution >= 4 is 5.52 Å². The van der Waals surface area contributed by atoms with Crippen molar-refractivity contribution in [3.05, 3.63) is 42.2 Å². The molecule has 0 saturated heterocycles. The van der Waals surface area contributed by atoms with Crippen molar-refractivity contribution in [3.63, 3.8) is 0 Å². The molecule has 0 aliphatic rings. The first-order valence-electron chi connectivity index (χ1n) is 3.39. The summed E-state index contributed by atoms with van der Waals surface area (Å²) >= 11 is 0. The third kappa shape index (κ3) is 0.711. The summed E-state index contributed by atoms with van der Waals surface area (Å²) in [6.45, 7) is 2.10. The van der Waals surface area contributed by atoms with Crippen LogP contribution in [0.1, 0.15) is 5.56 Å². The van der Waals surface area contributed by atoms with Crippen LogP contribution >= 0.6 is 0 Å². The highest BCUT2D eigenvalue weighted by Crippen LogP contribution is 2.05. The molecule has 0 saturated carbocycles. The number of hydrogen-bond donors (Lipinski definition) is 0. The number of nitrogens with zero attached hydrogens (tertiary/aromatic N) is 1. The zero-order valence-electron chi connectivity index (χ0n) is 5.91. The molecule has 0 radical (unpaired) electrons. The molecule has 2 heterocycles. The number of aryl methyl sites for hydroxylation is 1. The Bertz CT molecular complexity index is 346. The van der Waals surface area contributed by atoms with Gasteiger partial charge in [-0.1, -0.05) is 0 Å². The van der Waals surface area contributed by atoms with Gasteiger partial charge in [-0.2, -0.15) is 0 Å². The average Bonchev–Trinajstić information content (AvgIpc) is 2.33. The van der Waals surface area contributed by atoms with Gasteiger partial charge in [-0.3, -0.25) is 0 Å². The van der Waals surface area contributed by atoms with Gasteiger partial charge in [0.1, 0.15) is 0 Å². The maximum absolute atomic E-state index is 2.17. The minimum atomic E-state index is 1.26. The molecule has 2 rings (SSSR count). The second kappa shape index (κ2) is 1.87. The van der Waals surface area contributed by atoms with E-state index in [1.165, 1.54) is 11.1 Å². The first-order valence-corrected chi connectivity index (χ1v) is 3.39. The van der Waals surface area contributed by atoms with Gasteiger partial charge in [0, 0.05) is 17.9 Å². The Morgan fingerprint density at radius 1 is 1.20 bits per heavy atom. The topological polar surface area (TPSA) is 4.41 Å². The van der Waals surface area contributed by atoms with Crippen LogP contribution in [0.2, 0.25) is 0 Å². The van der Waals surface area contributed by atoms with E-state index in [9.17, 15) is 0 Å². The average molecular weight is 131 g/mol. The van der Waals surface area contributed by atoms with Crippen molar-refractivity contribution in [3.8, 4) is 0 Å². The van der Waals surface area contributed by atoms with E-state index in [1.54, 1.807) is 0 Å². The smallest absolute Gasteiger partial charge is 0.0452 e. The second-order valence-electron chi connectivity index (χ2n) is 2.54. The molecule has 0 aliphatic carbocycles. The minimum absolute atomic E-state index is 1.26. The van der Waals surface area contributed by atoms with E-state index in [1.807, 2.05) is 0 Å². The van der Waals surface area contributed by atoms with E-state index < -0.39 is 0 Å². The van der Waals surface area contributed by atoms with Gasteiger partial charge >= 0.3 is 0 Å². The van der Waals surface area contributed by atoms with Gasteiger partial charge in [0.25, 0.3) is 0 Å². The number of fused-ring (bicyclic) bond motifs is 1. The zero-order chi connectivity index (χ0) is 6.97. The van der Waals surface area contributed by atoms with Gasteiger partial charge in [-0.15, -0.1) is 0 Å². The molecule has 0 aromatic carbocycles. The fourth-order valence-electron chi connectivity index (χ4n) is 1.14. The lowest BCUT2D eigenvalue weighted by Crippen LogP contribution is -1.80. The molecule has 0 spiro atoms. The summed E-state index contributed by atoms with van der Waals surface area (Å²) in [4.78, 5) is 0. The highest BCUT2D eigenvalue weighted by atomic mass is 14.8.